The van der Waals surface area contributed by atoms with Crippen LogP contribution in [0.15, 0.2) is 29.2 Å². The number of nitrogens with two attached hydrogens (primary N) is 1. The van der Waals surface area contributed by atoms with Crippen molar-refractivity contribution in [1.82, 2.24) is 9.21 Å². The number of aliphatic hydroxyl groups is 1. The average Bonchev–Trinajstić information content (AvgIpc) is 3.40. The molecule has 3 rings (SSSR count). The van der Waals surface area contributed by atoms with Crippen molar-refractivity contribution in [2.75, 3.05) is 26.2 Å². The van der Waals surface area contributed by atoms with Gasteiger partial charge in [0.1, 0.15) is 0 Å². The third kappa shape index (κ3) is 4.34. The Morgan fingerprint density at radius 3 is 2.30 bits per heavy atom. The number of benzene rings is 1. The summed E-state index contributed by atoms with van der Waals surface area (Å²) >= 11 is 0. The number of piperazine rings is 1. The summed E-state index contributed by atoms with van der Waals surface area (Å²) in [6, 6.07) is 3.81. The molecule has 0 radical (unpaired) electrons. The molecule has 1 aromatic carbocycles. The van der Waals surface area contributed by atoms with Crippen LogP contribution in [-0.4, -0.2) is 67.0 Å². The van der Waals surface area contributed by atoms with Crippen LogP contribution in [0.5, 0.6) is 0 Å². The number of sulfonamides is 1. The van der Waals surface area contributed by atoms with Crippen LogP contribution in [0.4, 0.5) is 13.2 Å². The molecular weight excluding hydrogens is 423 g/mol. The SMILES string of the molecule is C[C@@H]1CN(CC2CC2C(N)=O)CCN1S(=O)(=O)c1ccc([C@@](C)(O)C(F)(F)F)cc1. The van der Waals surface area contributed by atoms with Crippen LogP contribution in [0.25, 0.3) is 0 Å². The van der Waals surface area contributed by atoms with E-state index in [-0.39, 0.29) is 35.2 Å². The molecule has 0 spiro atoms. The summed E-state index contributed by atoms with van der Waals surface area (Å²) in [6.07, 6.45) is -4.12. The smallest absolute Gasteiger partial charge is 0.376 e. The number of rotatable bonds is 6. The fraction of sp³-hybridized carbons (Fsp3) is 0.632. The van der Waals surface area contributed by atoms with E-state index in [0.29, 0.717) is 26.6 Å². The molecule has 1 heterocycles. The van der Waals surface area contributed by atoms with Crippen molar-refractivity contribution in [2.24, 2.45) is 17.6 Å². The quantitative estimate of drug-likeness (QED) is 0.681. The molecule has 1 saturated heterocycles. The summed E-state index contributed by atoms with van der Waals surface area (Å²) in [5.74, 6) is -0.191. The van der Waals surface area contributed by atoms with Crippen LogP contribution in [0.2, 0.25) is 0 Å². The minimum atomic E-state index is -4.88. The Kier molecular flexibility index (Phi) is 5.96. The Morgan fingerprint density at radius 2 is 1.83 bits per heavy atom. The minimum Gasteiger partial charge on any atom is -0.376 e. The van der Waals surface area contributed by atoms with Gasteiger partial charge in [-0.15, -0.1) is 0 Å². The molecule has 7 nitrogen and oxygen atoms in total. The Morgan fingerprint density at radius 1 is 1.23 bits per heavy atom. The van der Waals surface area contributed by atoms with Gasteiger partial charge in [0.25, 0.3) is 0 Å². The normalized spacial score (nSPS) is 28.1. The van der Waals surface area contributed by atoms with E-state index in [1.165, 1.54) is 4.31 Å². The fourth-order valence-electron chi connectivity index (χ4n) is 3.92. The van der Waals surface area contributed by atoms with Gasteiger partial charge >= 0.3 is 6.18 Å². The molecule has 1 aliphatic carbocycles. The van der Waals surface area contributed by atoms with E-state index in [2.05, 4.69) is 4.90 Å². The van der Waals surface area contributed by atoms with Crippen molar-refractivity contribution < 1.29 is 31.5 Å². The maximum absolute atomic E-state index is 13.0. The van der Waals surface area contributed by atoms with E-state index in [9.17, 15) is 31.5 Å². The first-order valence-electron chi connectivity index (χ1n) is 9.68. The third-order valence-electron chi connectivity index (χ3n) is 6.01. The Labute approximate surface area is 173 Å². The molecular formula is C19H26F3N3O4S. The molecule has 168 valence electrons. The second-order valence-corrected chi connectivity index (χ2v) is 10.2. The highest BCUT2D eigenvalue weighted by atomic mass is 32.2. The zero-order valence-corrected chi connectivity index (χ0v) is 17.6. The number of alkyl halides is 3. The maximum atomic E-state index is 13.0. The lowest BCUT2D eigenvalue weighted by Gasteiger charge is -2.39. The molecule has 2 unspecified atom stereocenters. The predicted molar refractivity (Wildman–Crippen MR) is 103 cm³/mol. The summed E-state index contributed by atoms with van der Waals surface area (Å²) in [5, 5.41) is 9.75. The first kappa shape index (κ1) is 23.0. The second-order valence-electron chi connectivity index (χ2n) is 8.32. The molecule has 1 saturated carbocycles. The number of amides is 1. The molecule has 30 heavy (non-hydrogen) atoms. The highest BCUT2D eigenvalue weighted by Gasteiger charge is 2.51. The third-order valence-corrected chi connectivity index (χ3v) is 8.03. The summed E-state index contributed by atoms with van der Waals surface area (Å²) in [4.78, 5) is 13.2. The van der Waals surface area contributed by atoms with E-state index in [4.69, 9.17) is 5.73 Å². The van der Waals surface area contributed by atoms with Crippen LogP contribution < -0.4 is 5.73 Å². The molecule has 1 aliphatic heterocycles. The second kappa shape index (κ2) is 7.77. The van der Waals surface area contributed by atoms with E-state index in [1.54, 1.807) is 6.92 Å². The lowest BCUT2D eigenvalue weighted by atomic mass is 9.96. The van der Waals surface area contributed by atoms with Crippen molar-refractivity contribution in [3.8, 4) is 0 Å². The van der Waals surface area contributed by atoms with E-state index in [0.717, 1.165) is 30.7 Å². The fourth-order valence-corrected chi connectivity index (χ4v) is 5.53. The van der Waals surface area contributed by atoms with Crippen molar-refractivity contribution in [3.63, 3.8) is 0 Å². The van der Waals surface area contributed by atoms with Gasteiger partial charge in [-0.25, -0.2) is 8.42 Å². The van der Waals surface area contributed by atoms with Gasteiger partial charge in [-0.1, -0.05) is 12.1 Å². The summed E-state index contributed by atoms with van der Waals surface area (Å²) in [6.45, 7) is 4.30. The number of carbonyl (C=O) groups is 1. The lowest BCUT2D eigenvalue weighted by Crippen LogP contribution is -2.54. The molecule has 0 aromatic heterocycles. The Hall–Kier alpha value is -1.69. The Bertz CT molecular complexity index is 903. The number of carbonyl (C=O) groups excluding carboxylic acids is 1. The zero-order chi connectivity index (χ0) is 22.5. The van der Waals surface area contributed by atoms with Gasteiger partial charge in [-0.3, -0.25) is 4.79 Å². The minimum absolute atomic E-state index is 0.102. The monoisotopic (exact) mass is 449 g/mol. The number of nitrogens with zero attached hydrogens (tertiary/aromatic N) is 2. The number of hydrogen-bond donors (Lipinski definition) is 2. The van der Waals surface area contributed by atoms with Crippen molar-refractivity contribution >= 4 is 15.9 Å². The summed E-state index contributed by atoms with van der Waals surface area (Å²) in [5.41, 5.74) is 1.80. The van der Waals surface area contributed by atoms with Gasteiger partial charge in [0, 0.05) is 38.1 Å². The van der Waals surface area contributed by atoms with Crippen LogP contribution >= 0.6 is 0 Å². The van der Waals surface area contributed by atoms with Gasteiger partial charge < -0.3 is 15.7 Å². The van der Waals surface area contributed by atoms with Crippen molar-refractivity contribution in [1.29, 1.82) is 0 Å². The lowest BCUT2D eigenvalue weighted by molar-refractivity contribution is -0.258. The standard InChI is InChI=1S/C19H26F3N3O4S/c1-12-10-24(11-13-9-16(13)17(23)26)7-8-25(12)30(28,29)15-5-3-14(4-6-15)18(2,27)19(20,21)22/h3-6,12-13,16,27H,7-11H2,1-2H3,(H2,23,26)/t12-,13?,16?,18-/m1/s1. The number of hydrogen-bond acceptors (Lipinski definition) is 5. The highest BCUT2D eigenvalue weighted by Crippen LogP contribution is 2.40. The van der Waals surface area contributed by atoms with Crippen molar-refractivity contribution in [2.45, 2.75) is 43.0 Å². The maximum Gasteiger partial charge on any atom is 0.421 e. The van der Waals surface area contributed by atoms with Crippen LogP contribution in [0.1, 0.15) is 25.8 Å². The van der Waals surface area contributed by atoms with Gasteiger partial charge in [-0.2, -0.15) is 17.5 Å². The molecule has 2 fully saturated rings. The molecule has 1 amide bonds. The van der Waals surface area contributed by atoms with Gasteiger partial charge in [-0.05, 0) is 43.9 Å². The van der Waals surface area contributed by atoms with E-state index in [1.807, 2.05) is 0 Å². The molecule has 2 aliphatic rings. The van der Waals surface area contributed by atoms with Gasteiger partial charge in [0.15, 0.2) is 5.60 Å². The molecule has 1 aromatic rings. The van der Waals surface area contributed by atoms with Crippen LogP contribution in [-0.2, 0) is 20.4 Å². The number of primary amides is 1. The van der Waals surface area contributed by atoms with Gasteiger partial charge in [0.2, 0.25) is 15.9 Å². The van der Waals surface area contributed by atoms with Crippen molar-refractivity contribution in [3.05, 3.63) is 29.8 Å². The van der Waals surface area contributed by atoms with Crippen LogP contribution in [0.3, 0.4) is 0 Å². The molecule has 4 atom stereocenters. The largest absolute Gasteiger partial charge is 0.421 e. The summed E-state index contributed by atoms with van der Waals surface area (Å²) < 4.78 is 66.3. The Balaban J connectivity index is 1.68. The van der Waals surface area contributed by atoms with Crippen LogP contribution in [0, 0.1) is 11.8 Å². The first-order valence-corrected chi connectivity index (χ1v) is 11.1. The number of halogens is 3. The predicted octanol–water partition coefficient (Wildman–Crippen LogP) is 1.27. The first-order chi connectivity index (χ1) is 13.7. The topological polar surface area (TPSA) is 104 Å². The van der Waals surface area contributed by atoms with E-state index < -0.39 is 27.4 Å². The highest BCUT2D eigenvalue weighted by molar-refractivity contribution is 7.89. The van der Waals surface area contributed by atoms with E-state index >= 15 is 0 Å². The van der Waals surface area contributed by atoms with Gasteiger partial charge in [0.05, 0.1) is 4.90 Å². The molecule has 0 bridgehead atoms. The molecule has 11 heteroatoms. The zero-order valence-electron chi connectivity index (χ0n) is 16.8. The summed E-state index contributed by atoms with van der Waals surface area (Å²) in [7, 11) is -3.90. The molecule has 3 N–H and O–H groups in total. The average molecular weight is 449 g/mol.